The fourth-order valence-corrected chi connectivity index (χ4v) is 3.17. The third-order valence-corrected chi connectivity index (χ3v) is 4.73. The maximum Gasteiger partial charge on any atom is 0.494 e. The van der Waals surface area contributed by atoms with Gasteiger partial charge >= 0.3 is 8.69 Å². The van der Waals surface area contributed by atoms with E-state index in [1.165, 1.54) is 103 Å². The van der Waals surface area contributed by atoms with E-state index in [1.807, 2.05) is 0 Å². The van der Waals surface area contributed by atoms with Crippen LogP contribution in [-0.4, -0.2) is 6.61 Å². The van der Waals surface area contributed by atoms with Crippen LogP contribution in [0.3, 0.4) is 0 Å². The van der Waals surface area contributed by atoms with Crippen molar-refractivity contribution in [1.82, 2.24) is 0 Å². The highest BCUT2D eigenvalue weighted by Crippen LogP contribution is 2.14. The number of hydrogen-bond acceptors (Lipinski definition) is 2. The molecule has 0 aromatic rings. The molecule has 0 N–H and O–H groups in total. The van der Waals surface area contributed by atoms with Crippen LogP contribution in [0.25, 0.3) is 0 Å². The van der Waals surface area contributed by atoms with E-state index in [0.29, 0.717) is 6.61 Å². The first kappa shape index (κ1) is 22.1. The predicted molar refractivity (Wildman–Crippen MR) is 99.1 cm³/mol. The SMILES string of the molecule is CCCCCCCCCCCCCCCCCCCO[PH+]=O. The third kappa shape index (κ3) is 20.1. The van der Waals surface area contributed by atoms with Gasteiger partial charge in [-0.3, -0.25) is 0 Å². The molecule has 0 spiro atoms. The van der Waals surface area contributed by atoms with E-state index in [0.717, 1.165) is 6.42 Å². The van der Waals surface area contributed by atoms with Crippen molar-refractivity contribution in [3.63, 3.8) is 0 Å². The highest BCUT2D eigenvalue weighted by Gasteiger charge is 1.96. The third-order valence-electron chi connectivity index (χ3n) is 4.41. The first-order chi connectivity index (χ1) is 10.9. The Morgan fingerprint density at radius 1 is 0.545 bits per heavy atom. The Morgan fingerprint density at radius 2 is 0.864 bits per heavy atom. The summed E-state index contributed by atoms with van der Waals surface area (Å²) in [5, 5.41) is 0. The minimum atomic E-state index is -0.582. The van der Waals surface area contributed by atoms with Gasteiger partial charge in [0, 0.05) is 0 Å². The van der Waals surface area contributed by atoms with Crippen LogP contribution in [0.15, 0.2) is 0 Å². The molecule has 0 amide bonds. The minimum Gasteiger partial charge on any atom is -0.148 e. The monoisotopic (exact) mass is 331 g/mol. The molecule has 0 fully saturated rings. The van der Waals surface area contributed by atoms with Crippen molar-refractivity contribution in [3.8, 4) is 0 Å². The first-order valence-electron chi connectivity index (χ1n) is 9.90. The molecule has 22 heavy (non-hydrogen) atoms. The normalized spacial score (nSPS) is 11.3. The zero-order valence-corrected chi connectivity index (χ0v) is 16.0. The van der Waals surface area contributed by atoms with Crippen molar-refractivity contribution in [2.75, 3.05) is 6.61 Å². The van der Waals surface area contributed by atoms with E-state index in [4.69, 9.17) is 4.52 Å². The molecule has 0 saturated carbocycles. The summed E-state index contributed by atoms with van der Waals surface area (Å²) in [6.45, 7) is 2.95. The van der Waals surface area contributed by atoms with Gasteiger partial charge in [0.25, 0.3) is 0 Å². The van der Waals surface area contributed by atoms with Gasteiger partial charge in [-0.1, -0.05) is 110 Å². The van der Waals surface area contributed by atoms with Gasteiger partial charge in [0.2, 0.25) is 0 Å². The van der Waals surface area contributed by atoms with Crippen LogP contribution in [0.1, 0.15) is 116 Å². The van der Waals surface area contributed by atoms with Gasteiger partial charge < -0.3 is 0 Å². The lowest BCUT2D eigenvalue weighted by atomic mass is 10.0. The number of unbranched alkanes of at least 4 members (excludes halogenated alkanes) is 16. The van der Waals surface area contributed by atoms with Crippen LogP contribution >= 0.6 is 8.69 Å². The second-order valence-corrected chi connectivity index (χ2v) is 7.04. The smallest absolute Gasteiger partial charge is 0.148 e. The molecule has 0 aliphatic heterocycles. The minimum absolute atomic E-state index is 0.582. The van der Waals surface area contributed by atoms with Gasteiger partial charge in [0.05, 0.1) is 0 Å². The van der Waals surface area contributed by atoms with Gasteiger partial charge in [-0.15, -0.1) is 4.52 Å². The molecule has 3 heteroatoms. The van der Waals surface area contributed by atoms with Crippen molar-refractivity contribution in [1.29, 1.82) is 0 Å². The second kappa shape index (κ2) is 21.1. The Morgan fingerprint density at radius 3 is 1.18 bits per heavy atom. The molecule has 0 heterocycles. The fourth-order valence-electron chi connectivity index (χ4n) is 2.94. The molecule has 0 rings (SSSR count). The highest BCUT2D eigenvalue weighted by atomic mass is 31.1. The van der Waals surface area contributed by atoms with Crippen molar-refractivity contribution in [2.45, 2.75) is 116 Å². The Kier molecular flexibility index (Phi) is 21.1. The van der Waals surface area contributed by atoms with Crippen molar-refractivity contribution in [2.24, 2.45) is 0 Å². The maximum absolute atomic E-state index is 10.1. The lowest BCUT2D eigenvalue weighted by molar-refractivity contribution is 0.328. The Bertz CT molecular complexity index is 210. The van der Waals surface area contributed by atoms with E-state index >= 15 is 0 Å². The van der Waals surface area contributed by atoms with Crippen LogP contribution in [0, 0.1) is 0 Å². The zero-order chi connectivity index (χ0) is 16.1. The van der Waals surface area contributed by atoms with Gasteiger partial charge in [0.15, 0.2) is 0 Å². The highest BCUT2D eigenvalue weighted by molar-refractivity contribution is 7.17. The summed E-state index contributed by atoms with van der Waals surface area (Å²) in [6, 6.07) is 0. The molecule has 0 aromatic carbocycles. The van der Waals surface area contributed by atoms with Gasteiger partial charge in [0.1, 0.15) is 6.61 Å². The quantitative estimate of drug-likeness (QED) is 0.180. The van der Waals surface area contributed by atoms with Crippen LogP contribution in [-0.2, 0) is 9.09 Å². The van der Waals surface area contributed by atoms with Gasteiger partial charge in [-0.05, 0) is 11.0 Å². The molecule has 1 unspecified atom stereocenters. The van der Waals surface area contributed by atoms with Crippen LogP contribution in [0.2, 0.25) is 0 Å². The molecule has 0 radical (unpaired) electrons. The predicted octanol–water partition coefficient (Wildman–Crippen LogP) is 7.59. The molecule has 0 aromatic heterocycles. The fraction of sp³-hybridized carbons (Fsp3) is 1.00. The van der Waals surface area contributed by atoms with Crippen LogP contribution in [0.4, 0.5) is 0 Å². The Hall–Kier alpha value is 0.0600. The summed E-state index contributed by atoms with van der Waals surface area (Å²) in [4.78, 5) is 0. The molecule has 1 atom stereocenters. The number of hydrogen-bond donors (Lipinski definition) is 0. The molecule has 0 saturated heterocycles. The maximum atomic E-state index is 10.1. The van der Waals surface area contributed by atoms with E-state index in [1.54, 1.807) is 0 Å². The average Bonchev–Trinajstić information content (AvgIpc) is 2.54. The van der Waals surface area contributed by atoms with Crippen LogP contribution < -0.4 is 0 Å². The molecule has 0 bridgehead atoms. The van der Waals surface area contributed by atoms with E-state index < -0.39 is 8.69 Å². The zero-order valence-electron chi connectivity index (χ0n) is 15.0. The van der Waals surface area contributed by atoms with Crippen LogP contribution in [0.5, 0.6) is 0 Å². The number of rotatable bonds is 19. The van der Waals surface area contributed by atoms with E-state index in [9.17, 15) is 4.57 Å². The summed E-state index contributed by atoms with van der Waals surface area (Å²) >= 11 is 0. The summed E-state index contributed by atoms with van der Waals surface area (Å²) < 4.78 is 14.9. The molecule has 2 nitrogen and oxygen atoms in total. The summed E-state index contributed by atoms with van der Waals surface area (Å²) in [5.74, 6) is 0. The Labute approximate surface area is 141 Å². The van der Waals surface area contributed by atoms with E-state index in [2.05, 4.69) is 6.92 Å². The topological polar surface area (TPSA) is 26.3 Å². The van der Waals surface area contributed by atoms with Crippen molar-refractivity contribution < 1.29 is 9.09 Å². The van der Waals surface area contributed by atoms with Crippen molar-refractivity contribution in [3.05, 3.63) is 0 Å². The van der Waals surface area contributed by atoms with Gasteiger partial charge in [-0.2, -0.15) is 0 Å². The molecule has 132 valence electrons. The summed E-state index contributed by atoms with van der Waals surface area (Å²) in [7, 11) is -0.582. The molecular weight excluding hydrogens is 291 g/mol. The summed E-state index contributed by atoms with van der Waals surface area (Å²) in [6.07, 6.45) is 23.6. The van der Waals surface area contributed by atoms with E-state index in [-0.39, 0.29) is 0 Å². The lowest BCUT2D eigenvalue weighted by Gasteiger charge is -2.03. The van der Waals surface area contributed by atoms with Gasteiger partial charge in [-0.25, -0.2) is 0 Å². The molecule has 0 aliphatic rings. The standard InChI is InChI=1S/C19H40O2P/c1-2-3-4-5-6-7-8-9-10-11-12-13-14-15-16-17-18-19-21-22-20/h22H,2-19H2,1H3/q+1. The first-order valence-corrected chi connectivity index (χ1v) is 10.7. The van der Waals surface area contributed by atoms with Crippen molar-refractivity contribution >= 4 is 8.69 Å². The lowest BCUT2D eigenvalue weighted by Crippen LogP contribution is -1.86. The summed E-state index contributed by atoms with van der Waals surface area (Å²) in [5.41, 5.74) is 0. The largest absolute Gasteiger partial charge is 0.494 e. The molecular formula is C19H40O2P+. The average molecular weight is 332 g/mol. The molecule has 0 aliphatic carbocycles. The Balaban J connectivity index is 2.92. The second-order valence-electron chi connectivity index (χ2n) is 6.59.